The molecule has 2 aromatic heterocycles. The van der Waals surface area contributed by atoms with Crippen LogP contribution < -0.4 is 0 Å². The number of imidazole rings is 1. The van der Waals surface area contributed by atoms with Crippen LogP contribution in [0, 0.1) is 0 Å². The highest BCUT2D eigenvalue weighted by Gasteiger charge is 2.22. The topological polar surface area (TPSA) is 53.8 Å². The number of para-hydroxylation sites is 2. The number of nitrogens with zero attached hydrogens (tertiary/aromatic N) is 3. The summed E-state index contributed by atoms with van der Waals surface area (Å²) >= 11 is 4.70. The zero-order valence-corrected chi connectivity index (χ0v) is 12.1. The Hall–Kier alpha value is -1.56. The van der Waals surface area contributed by atoms with Gasteiger partial charge in [-0.1, -0.05) is 18.2 Å². The Kier molecular flexibility index (Phi) is 3.91. The summed E-state index contributed by atoms with van der Waals surface area (Å²) in [5, 5.41) is 0.492. The fourth-order valence-corrected chi connectivity index (χ4v) is 3.52. The van der Waals surface area contributed by atoms with Crippen molar-refractivity contribution in [1.82, 2.24) is 14.5 Å². The Balaban J connectivity index is 1.97. The lowest BCUT2D eigenvalue weighted by molar-refractivity contribution is 0.577. The van der Waals surface area contributed by atoms with Gasteiger partial charge in [0.25, 0.3) is 0 Å². The van der Waals surface area contributed by atoms with Gasteiger partial charge in [-0.25, -0.2) is 0 Å². The van der Waals surface area contributed by atoms with Crippen LogP contribution in [0.5, 0.6) is 0 Å². The molecule has 0 bridgehead atoms. The largest absolute Gasteiger partial charge is 0.609 e. The summed E-state index contributed by atoms with van der Waals surface area (Å²) in [6.07, 6.45) is 1.69. The third-order valence-electron chi connectivity index (χ3n) is 2.95. The van der Waals surface area contributed by atoms with E-state index in [1.54, 1.807) is 10.8 Å². The first kappa shape index (κ1) is 13.4. The second kappa shape index (κ2) is 5.83. The average Bonchev–Trinajstić information content (AvgIpc) is 2.87. The molecule has 2 heterocycles. The molecular weight excluding hydrogens is 294 g/mol. The highest BCUT2D eigenvalue weighted by atomic mass is 35.5. The van der Waals surface area contributed by atoms with E-state index >= 15 is 0 Å². The van der Waals surface area contributed by atoms with E-state index in [2.05, 4.69) is 9.97 Å². The Morgan fingerprint density at radius 2 is 1.95 bits per heavy atom. The van der Waals surface area contributed by atoms with Crippen LogP contribution in [0.25, 0.3) is 11.0 Å². The van der Waals surface area contributed by atoms with E-state index in [9.17, 15) is 4.55 Å². The van der Waals surface area contributed by atoms with Crippen molar-refractivity contribution in [3.8, 4) is 0 Å². The molecule has 0 aliphatic carbocycles. The summed E-state index contributed by atoms with van der Waals surface area (Å²) in [6.45, 7) is 0. The van der Waals surface area contributed by atoms with Gasteiger partial charge in [0.05, 0.1) is 16.7 Å². The first-order chi connectivity index (χ1) is 9.79. The van der Waals surface area contributed by atoms with Gasteiger partial charge < -0.3 is 4.55 Å². The smallest absolute Gasteiger partial charge is 0.325 e. The molecule has 1 aromatic carbocycles. The minimum atomic E-state index is -1.27. The van der Waals surface area contributed by atoms with Gasteiger partial charge >= 0.3 is 5.16 Å². The van der Waals surface area contributed by atoms with E-state index < -0.39 is 11.2 Å². The first-order valence-electron chi connectivity index (χ1n) is 6.09. The van der Waals surface area contributed by atoms with Crippen LogP contribution in [0.15, 0.2) is 53.8 Å². The van der Waals surface area contributed by atoms with E-state index in [1.165, 1.54) is 0 Å². The van der Waals surface area contributed by atoms with Gasteiger partial charge in [-0.3, -0.25) is 9.55 Å². The van der Waals surface area contributed by atoms with Crippen LogP contribution in [0.1, 0.15) is 5.69 Å². The number of benzene rings is 1. The van der Waals surface area contributed by atoms with Crippen molar-refractivity contribution in [3.05, 3.63) is 54.4 Å². The second-order valence-corrected chi connectivity index (χ2v) is 5.83. The maximum Gasteiger partial charge on any atom is 0.325 e. The molecule has 102 valence electrons. The summed E-state index contributed by atoms with van der Waals surface area (Å²) in [7, 11) is 0. The van der Waals surface area contributed by atoms with Crippen LogP contribution in [-0.2, 0) is 22.9 Å². The standard InChI is InChI=1S/C14H12ClN3OS/c15-10-18-13-7-2-1-6-12(13)17-14(18)20(19)9-11-5-3-4-8-16-11/h1-8H,9-10H2. The van der Waals surface area contributed by atoms with Crippen LogP contribution in [0.3, 0.4) is 0 Å². The second-order valence-electron chi connectivity index (χ2n) is 4.24. The quantitative estimate of drug-likeness (QED) is 0.550. The SMILES string of the molecule is [O-][S+](Cc1ccccn1)c1nc2ccccc2n1CCl. The van der Waals surface area contributed by atoms with Crippen LogP contribution in [0.4, 0.5) is 0 Å². The zero-order valence-electron chi connectivity index (χ0n) is 10.6. The van der Waals surface area contributed by atoms with Gasteiger partial charge in [0.2, 0.25) is 0 Å². The number of fused-ring (bicyclic) bond motifs is 1. The molecule has 4 nitrogen and oxygen atoms in total. The monoisotopic (exact) mass is 305 g/mol. The predicted octanol–water partition coefficient (Wildman–Crippen LogP) is 2.94. The fraction of sp³-hybridized carbons (Fsp3) is 0.143. The Bertz CT molecular complexity index is 717. The van der Waals surface area contributed by atoms with Crippen molar-refractivity contribution in [2.24, 2.45) is 0 Å². The minimum absolute atomic E-state index is 0.226. The maximum absolute atomic E-state index is 12.5. The molecule has 0 saturated carbocycles. The average molecular weight is 306 g/mol. The highest BCUT2D eigenvalue weighted by Crippen LogP contribution is 2.22. The Morgan fingerprint density at radius 3 is 2.70 bits per heavy atom. The van der Waals surface area contributed by atoms with Crippen LogP contribution in [-0.4, -0.2) is 19.1 Å². The van der Waals surface area contributed by atoms with Crippen LogP contribution >= 0.6 is 11.6 Å². The molecule has 1 unspecified atom stereocenters. The lowest BCUT2D eigenvalue weighted by atomic mass is 10.3. The molecule has 0 aliphatic heterocycles. The van der Waals surface area contributed by atoms with E-state index in [0.717, 1.165) is 16.7 Å². The van der Waals surface area contributed by atoms with Crippen molar-refractivity contribution in [2.45, 2.75) is 16.9 Å². The molecule has 0 fully saturated rings. The van der Waals surface area contributed by atoms with Crippen molar-refractivity contribution in [2.75, 3.05) is 0 Å². The fourth-order valence-electron chi connectivity index (χ4n) is 2.03. The summed E-state index contributed by atoms with van der Waals surface area (Å²) in [4.78, 5) is 8.62. The van der Waals surface area contributed by atoms with Gasteiger partial charge in [-0.2, -0.15) is 4.98 Å². The number of halogens is 1. The van der Waals surface area contributed by atoms with Gasteiger partial charge in [-0.15, -0.1) is 11.6 Å². The van der Waals surface area contributed by atoms with Crippen molar-refractivity contribution < 1.29 is 4.55 Å². The molecule has 0 radical (unpaired) electrons. The van der Waals surface area contributed by atoms with Crippen molar-refractivity contribution in [1.29, 1.82) is 0 Å². The molecule has 0 N–H and O–H groups in total. The van der Waals surface area contributed by atoms with E-state index in [4.69, 9.17) is 11.6 Å². The molecule has 20 heavy (non-hydrogen) atoms. The number of rotatable bonds is 4. The predicted molar refractivity (Wildman–Crippen MR) is 79.9 cm³/mol. The zero-order chi connectivity index (χ0) is 13.9. The Labute approximate surface area is 124 Å². The normalized spacial score (nSPS) is 12.7. The molecule has 0 aliphatic rings. The molecule has 0 amide bonds. The first-order valence-corrected chi connectivity index (χ1v) is 7.94. The molecule has 3 aromatic rings. The minimum Gasteiger partial charge on any atom is -0.609 e. The van der Waals surface area contributed by atoms with E-state index in [-0.39, 0.29) is 6.00 Å². The molecule has 1 atom stereocenters. The highest BCUT2D eigenvalue weighted by molar-refractivity contribution is 7.90. The molecule has 0 saturated heterocycles. The third-order valence-corrected chi connectivity index (χ3v) is 4.46. The lowest BCUT2D eigenvalue weighted by Crippen LogP contribution is -2.12. The number of alkyl halides is 1. The third kappa shape index (κ3) is 2.52. The summed E-state index contributed by atoms with van der Waals surface area (Å²) < 4.78 is 14.3. The van der Waals surface area contributed by atoms with Crippen LogP contribution in [0.2, 0.25) is 0 Å². The van der Waals surface area contributed by atoms with E-state index in [1.807, 2.05) is 42.5 Å². The summed E-state index contributed by atoms with van der Waals surface area (Å²) in [6, 6.07) is 13.4. The van der Waals surface area contributed by atoms with Gasteiger partial charge in [0.1, 0.15) is 6.00 Å². The molecular formula is C14H12ClN3OS. The van der Waals surface area contributed by atoms with E-state index in [0.29, 0.717) is 10.9 Å². The maximum atomic E-state index is 12.5. The lowest BCUT2D eigenvalue weighted by Gasteiger charge is -2.09. The number of aromatic nitrogens is 3. The molecule has 0 spiro atoms. The van der Waals surface area contributed by atoms with Crippen molar-refractivity contribution in [3.63, 3.8) is 0 Å². The van der Waals surface area contributed by atoms with Gasteiger partial charge in [0, 0.05) is 17.4 Å². The van der Waals surface area contributed by atoms with Gasteiger partial charge in [-0.05, 0) is 24.3 Å². The Morgan fingerprint density at radius 1 is 1.15 bits per heavy atom. The number of hydrogen-bond donors (Lipinski definition) is 0. The molecule has 3 rings (SSSR count). The van der Waals surface area contributed by atoms with Crippen molar-refractivity contribution >= 4 is 33.8 Å². The summed E-state index contributed by atoms with van der Waals surface area (Å²) in [5.74, 6) is 0.334. The van der Waals surface area contributed by atoms with Gasteiger partial charge in [0.15, 0.2) is 5.75 Å². The number of hydrogen-bond acceptors (Lipinski definition) is 3. The molecule has 6 heteroatoms. The number of pyridine rings is 1. The summed E-state index contributed by atoms with van der Waals surface area (Å²) in [5.41, 5.74) is 2.48.